The number of thiazole rings is 1. The summed E-state index contributed by atoms with van der Waals surface area (Å²) in [4.78, 5) is 23.3. The summed E-state index contributed by atoms with van der Waals surface area (Å²) in [5.41, 5.74) is 1.71. The van der Waals surface area contributed by atoms with Crippen LogP contribution in [0.5, 0.6) is 0 Å². The first-order valence-corrected chi connectivity index (χ1v) is 7.77. The summed E-state index contributed by atoms with van der Waals surface area (Å²) in [7, 11) is 0. The van der Waals surface area contributed by atoms with Crippen molar-refractivity contribution in [3.05, 3.63) is 34.8 Å². The molecule has 6 heteroatoms. The van der Waals surface area contributed by atoms with Gasteiger partial charge in [-0.3, -0.25) is 9.78 Å². The zero-order chi connectivity index (χ0) is 13.9. The highest BCUT2D eigenvalue weighted by molar-refractivity contribution is 7.11. The highest BCUT2D eigenvalue weighted by Gasteiger charge is 2.25. The molecule has 2 aromatic rings. The van der Waals surface area contributed by atoms with Gasteiger partial charge in [0.25, 0.3) is 5.91 Å². The van der Waals surface area contributed by atoms with Gasteiger partial charge in [0.1, 0.15) is 10.7 Å². The minimum absolute atomic E-state index is 0.125. The van der Waals surface area contributed by atoms with Gasteiger partial charge in [0.2, 0.25) is 0 Å². The molecule has 3 rings (SSSR count). The average molecular weight is 290 g/mol. The molecule has 1 saturated heterocycles. The summed E-state index contributed by atoms with van der Waals surface area (Å²) >= 11 is 1.42. The number of nitrogens with zero attached hydrogens (tertiary/aromatic N) is 4. The maximum absolute atomic E-state index is 12.4. The lowest BCUT2D eigenvalue weighted by Gasteiger charge is -2.32. The van der Waals surface area contributed by atoms with Crippen LogP contribution in [0.3, 0.4) is 0 Å². The van der Waals surface area contributed by atoms with Gasteiger partial charge in [-0.25, -0.2) is 4.98 Å². The number of carbonyl (C=O) groups excluding carboxylic acids is 1. The Kier molecular flexibility index (Phi) is 3.82. The maximum atomic E-state index is 12.4. The van der Waals surface area contributed by atoms with Crippen molar-refractivity contribution in [3.8, 4) is 0 Å². The molecule has 0 bridgehead atoms. The highest BCUT2D eigenvalue weighted by Crippen LogP contribution is 2.21. The number of aryl methyl sites for hydroxylation is 1. The molecule has 0 unspecified atom stereocenters. The molecule has 20 heavy (non-hydrogen) atoms. The fourth-order valence-corrected chi connectivity index (χ4v) is 3.34. The molecule has 0 spiro atoms. The van der Waals surface area contributed by atoms with Gasteiger partial charge in [0, 0.05) is 32.0 Å². The maximum Gasteiger partial charge on any atom is 0.265 e. The summed E-state index contributed by atoms with van der Waals surface area (Å²) in [5, 5.41) is 0. The summed E-state index contributed by atoms with van der Waals surface area (Å²) < 4.78 is 2.17. The van der Waals surface area contributed by atoms with E-state index in [4.69, 9.17) is 0 Å². The first kappa shape index (κ1) is 13.3. The molecule has 1 amide bonds. The number of carbonyl (C=O) groups is 1. The standard InChI is InChI=1S/C14H18N4OS/c1-11-16-4-6-17(11)8-12-3-2-5-18(9-12)14(19)13-7-15-10-20-13/h4,6-7,10,12H,2-3,5,8-9H2,1H3/t12-/m1/s1. The molecule has 0 radical (unpaired) electrons. The number of hydrogen-bond acceptors (Lipinski definition) is 4. The lowest BCUT2D eigenvalue weighted by atomic mass is 9.97. The topological polar surface area (TPSA) is 51.0 Å². The number of rotatable bonds is 3. The molecule has 1 aliphatic heterocycles. The highest BCUT2D eigenvalue weighted by atomic mass is 32.1. The van der Waals surface area contributed by atoms with Crippen molar-refractivity contribution in [1.82, 2.24) is 19.4 Å². The Morgan fingerprint density at radius 2 is 2.45 bits per heavy atom. The number of aromatic nitrogens is 3. The first-order chi connectivity index (χ1) is 9.74. The third-order valence-electron chi connectivity index (χ3n) is 3.83. The van der Waals surface area contributed by atoms with E-state index >= 15 is 0 Å². The average Bonchev–Trinajstić information content (AvgIpc) is 3.11. The van der Waals surface area contributed by atoms with Crippen LogP contribution >= 0.6 is 11.3 Å². The van der Waals surface area contributed by atoms with Gasteiger partial charge in [-0.15, -0.1) is 11.3 Å². The second-order valence-electron chi connectivity index (χ2n) is 5.25. The zero-order valence-electron chi connectivity index (χ0n) is 11.5. The largest absolute Gasteiger partial charge is 0.338 e. The molecular weight excluding hydrogens is 272 g/mol. The van der Waals surface area contributed by atoms with E-state index in [0.29, 0.717) is 5.92 Å². The summed E-state index contributed by atoms with van der Waals surface area (Å²) in [6.45, 7) is 4.64. The van der Waals surface area contributed by atoms with Crippen molar-refractivity contribution in [2.75, 3.05) is 13.1 Å². The van der Waals surface area contributed by atoms with E-state index in [0.717, 1.165) is 36.8 Å². The van der Waals surface area contributed by atoms with Gasteiger partial charge in [0.15, 0.2) is 0 Å². The Morgan fingerprint density at radius 3 is 3.15 bits per heavy atom. The van der Waals surface area contributed by atoms with Crippen LogP contribution in [0, 0.1) is 12.8 Å². The fourth-order valence-electron chi connectivity index (χ4n) is 2.75. The number of likely N-dealkylation sites (tertiary alicyclic amines) is 1. The normalized spacial score (nSPS) is 19.2. The summed E-state index contributed by atoms with van der Waals surface area (Å²) in [5.74, 6) is 1.67. The van der Waals surface area contributed by atoms with Gasteiger partial charge in [-0.1, -0.05) is 0 Å². The molecule has 3 heterocycles. The summed E-state index contributed by atoms with van der Waals surface area (Å²) in [6, 6.07) is 0. The molecule has 0 N–H and O–H groups in total. The quantitative estimate of drug-likeness (QED) is 0.871. The second kappa shape index (κ2) is 5.75. The number of amides is 1. The van der Waals surface area contributed by atoms with Gasteiger partial charge in [-0.05, 0) is 25.7 Å². The zero-order valence-corrected chi connectivity index (χ0v) is 12.3. The Bertz CT molecular complexity index is 578. The van der Waals surface area contributed by atoms with Gasteiger partial charge >= 0.3 is 0 Å². The van der Waals surface area contributed by atoms with Crippen LogP contribution in [0.4, 0.5) is 0 Å². The Hall–Kier alpha value is -1.69. The predicted molar refractivity (Wildman–Crippen MR) is 77.7 cm³/mol. The van der Waals surface area contributed by atoms with E-state index < -0.39 is 0 Å². The third-order valence-corrected chi connectivity index (χ3v) is 4.59. The lowest BCUT2D eigenvalue weighted by Crippen LogP contribution is -2.40. The Labute approximate surface area is 122 Å². The van der Waals surface area contributed by atoms with Crippen molar-refractivity contribution in [3.63, 3.8) is 0 Å². The van der Waals surface area contributed by atoms with E-state index in [9.17, 15) is 4.79 Å². The van der Waals surface area contributed by atoms with Crippen LogP contribution in [0.1, 0.15) is 28.3 Å². The molecule has 0 aliphatic carbocycles. The molecule has 1 fully saturated rings. The minimum atomic E-state index is 0.125. The third kappa shape index (κ3) is 2.75. The van der Waals surface area contributed by atoms with Gasteiger partial charge in [-0.2, -0.15) is 0 Å². The predicted octanol–water partition coefficient (Wildman–Crippen LogP) is 2.20. The van der Waals surface area contributed by atoms with Crippen molar-refractivity contribution < 1.29 is 4.79 Å². The van der Waals surface area contributed by atoms with Crippen LogP contribution in [-0.2, 0) is 6.54 Å². The van der Waals surface area contributed by atoms with Crippen molar-refractivity contribution in [1.29, 1.82) is 0 Å². The van der Waals surface area contributed by atoms with E-state index in [2.05, 4.69) is 14.5 Å². The molecule has 1 atom stereocenters. The minimum Gasteiger partial charge on any atom is -0.338 e. The molecular formula is C14H18N4OS. The van der Waals surface area contributed by atoms with E-state index in [-0.39, 0.29) is 5.91 Å². The number of hydrogen-bond donors (Lipinski definition) is 0. The van der Waals surface area contributed by atoms with Crippen LogP contribution in [0.2, 0.25) is 0 Å². The Morgan fingerprint density at radius 1 is 1.55 bits per heavy atom. The second-order valence-corrected chi connectivity index (χ2v) is 6.14. The first-order valence-electron chi connectivity index (χ1n) is 6.89. The van der Waals surface area contributed by atoms with Gasteiger partial charge in [0.05, 0.1) is 11.7 Å². The lowest BCUT2D eigenvalue weighted by molar-refractivity contribution is 0.0666. The molecule has 106 valence electrons. The van der Waals surface area contributed by atoms with E-state index in [1.54, 1.807) is 11.7 Å². The SMILES string of the molecule is Cc1nccn1C[C@H]1CCCN(C(=O)c2cncs2)C1. The number of piperidine rings is 1. The van der Waals surface area contributed by atoms with Gasteiger partial charge < -0.3 is 9.47 Å². The molecule has 1 aliphatic rings. The van der Waals surface area contributed by atoms with Crippen molar-refractivity contribution in [2.45, 2.75) is 26.3 Å². The van der Waals surface area contributed by atoms with E-state index in [1.165, 1.54) is 17.8 Å². The Balaban J connectivity index is 1.65. The van der Waals surface area contributed by atoms with Crippen LogP contribution < -0.4 is 0 Å². The molecule has 0 aromatic carbocycles. The fraction of sp³-hybridized carbons (Fsp3) is 0.500. The van der Waals surface area contributed by atoms with Crippen molar-refractivity contribution >= 4 is 17.2 Å². The summed E-state index contributed by atoms with van der Waals surface area (Å²) in [6.07, 6.45) is 7.75. The number of imidazole rings is 1. The van der Waals surface area contributed by atoms with Crippen LogP contribution in [-0.4, -0.2) is 38.4 Å². The molecule has 0 saturated carbocycles. The van der Waals surface area contributed by atoms with E-state index in [1.807, 2.05) is 24.2 Å². The monoisotopic (exact) mass is 290 g/mol. The van der Waals surface area contributed by atoms with Crippen LogP contribution in [0.15, 0.2) is 24.1 Å². The molecule has 5 nitrogen and oxygen atoms in total. The van der Waals surface area contributed by atoms with Crippen LogP contribution in [0.25, 0.3) is 0 Å². The smallest absolute Gasteiger partial charge is 0.265 e. The molecule has 2 aromatic heterocycles. The van der Waals surface area contributed by atoms with Crippen molar-refractivity contribution in [2.24, 2.45) is 5.92 Å².